The molecule has 3 nitrogen and oxygen atoms in total. The molecule has 0 heterocycles. The van der Waals surface area contributed by atoms with Crippen LogP contribution in [0.2, 0.25) is 0 Å². The third-order valence-corrected chi connectivity index (χ3v) is 3.47. The van der Waals surface area contributed by atoms with Crippen LogP contribution < -0.4 is 10.5 Å². The molecular formula is C18H22N2O. The highest BCUT2D eigenvalue weighted by molar-refractivity contribution is 5.95. The molecule has 0 bridgehead atoms. The van der Waals surface area contributed by atoms with Crippen molar-refractivity contribution in [1.82, 2.24) is 0 Å². The molecule has 0 amide bonds. The van der Waals surface area contributed by atoms with Crippen molar-refractivity contribution < 1.29 is 4.74 Å². The van der Waals surface area contributed by atoms with Gasteiger partial charge in [0.05, 0.1) is 6.61 Å². The topological polar surface area (TPSA) is 59.1 Å². The summed E-state index contributed by atoms with van der Waals surface area (Å²) < 4.78 is 5.91. The molecule has 0 saturated carbocycles. The van der Waals surface area contributed by atoms with Crippen molar-refractivity contribution in [3.63, 3.8) is 0 Å². The fourth-order valence-corrected chi connectivity index (χ4v) is 2.43. The van der Waals surface area contributed by atoms with E-state index in [1.54, 1.807) is 0 Å². The van der Waals surface area contributed by atoms with Crippen molar-refractivity contribution in [2.45, 2.75) is 26.7 Å². The van der Waals surface area contributed by atoms with Crippen molar-refractivity contribution in [3.8, 4) is 5.75 Å². The molecule has 2 aromatic carbocycles. The third kappa shape index (κ3) is 4.09. The quantitative estimate of drug-likeness (QED) is 0.483. The van der Waals surface area contributed by atoms with Crippen LogP contribution in [0.5, 0.6) is 5.75 Å². The average molecular weight is 282 g/mol. The van der Waals surface area contributed by atoms with Crippen molar-refractivity contribution >= 4 is 5.84 Å². The smallest absolute Gasteiger partial charge is 0.125 e. The van der Waals surface area contributed by atoms with Crippen molar-refractivity contribution in [2.24, 2.45) is 5.73 Å². The third-order valence-electron chi connectivity index (χ3n) is 3.47. The number of amidine groups is 1. The molecule has 2 rings (SSSR count). The van der Waals surface area contributed by atoms with E-state index in [0.717, 1.165) is 35.3 Å². The predicted molar refractivity (Wildman–Crippen MR) is 87.2 cm³/mol. The number of nitrogen functional groups attached to an aromatic ring is 1. The molecule has 0 atom stereocenters. The minimum absolute atomic E-state index is 0.0943. The summed E-state index contributed by atoms with van der Waals surface area (Å²) in [5.41, 5.74) is 9.67. The Bertz CT molecular complexity index is 597. The highest BCUT2D eigenvalue weighted by atomic mass is 16.5. The van der Waals surface area contributed by atoms with Crippen molar-refractivity contribution in [3.05, 3.63) is 64.7 Å². The molecule has 21 heavy (non-hydrogen) atoms. The van der Waals surface area contributed by atoms with Gasteiger partial charge >= 0.3 is 0 Å². The summed E-state index contributed by atoms with van der Waals surface area (Å²) in [6, 6.07) is 14.2. The van der Waals surface area contributed by atoms with E-state index >= 15 is 0 Å². The number of hydrogen-bond acceptors (Lipinski definition) is 2. The lowest BCUT2D eigenvalue weighted by Crippen LogP contribution is -2.12. The van der Waals surface area contributed by atoms with Gasteiger partial charge in [-0.1, -0.05) is 30.3 Å². The molecule has 3 heteroatoms. The fourth-order valence-electron chi connectivity index (χ4n) is 2.43. The lowest BCUT2D eigenvalue weighted by atomic mass is 10.0. The first kappa shape index (κ1) is 15.1. The average Bonchev–Trinajstić information content (AvgIpc) is 2.46. The van der Waals surface area contributed by atoms with Gasteiger partial charge in [0, 0.05) is 5.56 Å². The van der Waals surface area contributed by atoms with Crippen LogP contribution in [0.15, 0.2) is 42.5 Å². The van der Waals surface area contributed by atoms with E-state index in [1.165, 1.54) is 5.56 Å². The summed E-state index contributed by atoms with van der Waals surface area (Å²) in [7, 11) is 0. The molecule has 0 fully saturated rings. The van der Waals surface area contributed by atoms with E-state index in [4.69, 9.17) is 15.9 Å². The van der Waals surface area contributed by atoms with Gasteiger partial charge in [-0.25, -0.2) is 0 Å². The first-order valence-corrected chi connectivity index (χ1v) is 7.20. The monoisotopic (exact) mass is 282 g/mol. The summed E-state index contributed by atoms with van der Waals surface area (Å²) in [6.07, 6.45) is 2.00. The van der Waals surface area contributed by atoms with Crippen LogP contribution in [0, 0.1) is 19.3 Å². The van der Waals surface area contributed by atoms with E-state index in [-0.39, 0.29) is 5.84 Å². The van der Waals surface area contributed by atoms with E-state index in [2.05, 4.69) is 24.3 Å². The minimum Gasteiger partial charge on any atom is -0.493 e. The maximum atomic E-state index is 7.50. The maximum Gasteiger partial charge on any atom is 0.125 e. The Morgan fingerprint density at radius 3 is 2.29 bits per heavy atom. The van der Waals surface area contributed by atoms with Crippen LogP contribution in [-0.4, -0.2) is 12.4 Å². The van der Waals surface area contributed by atoms with Crippen LogP contribution in [0.25, 0.3) is 0 Å². The number of benzene rings is 2. The standard InChI is InChI=1S/C18H22N2O/c1-13-11-16(18(19)20)12-14(2)17(13)21-10-6-9-15-7-4-3-5-8-15/h3-5,7-8,11-12H,6,9-10H2,1-2H3,(H3,19,20). The number of rotatable bonds is 6. The molecule has 0 aromatic heterocycles. The largest absolute Gasteiger partial charge is 0.493 e. The van der Waals surface area contributed by atoms with Gasteiger partial charge in [0.25, 0.3) is 0 Å². The summed E-state index contributed by atoms with van der Waals surface area (Å²) in [6.45, 7) is 4.67. The van der Waals surface area contributed by atoms with Gasteiger partial charge in [0.1, 0.15) is 11.6 Å². The highest BCUT2D eigenvalue weighted by Crippen LogP contribution is 2.25. The van der Waals surface area contributed by atoms with Gasteiger partial charge in [-0.2, -0.15) is 0 Å². The number of hydrogen-bond donors (Lipinski definition) is 2. The highest BCUT2D eigenvalue weighted by Gasteiger charge is 2.08. The molecule has 0 unspecified atom stereocenters. The second-order valence-electron chi connectivity index (χ2n) is 5.29. The van der Waals surface area contributed by atoms with Crippen LogP contribution in [0.1, 0.15) is 28.7 Å². The van der Waals surface area contributed by atoms with Gasteiger partial charge in [0.15, 0.2) is 0 Å². The predicted octanol–water partition coefficient (Wildman–Crippen LogP) is 3.60. The van der Waals surface area contributed by atoms with E-state index < -0.39 is 0 Å². The van der Waals surface area contributed by atoms with Crippen LogP contribution in [0.4, 0.5) is 0 Å². The summed E-state index contributed by atoms with van der Waals surface area (Å²) in [4.78, 5) is 0. The van der Waals surface area contributed by atoms with Gasteiger partial charge in [-0.3, -0.25) is 5.41 Å². The first-order chi connectivity index (χ1) is 10.1. The summed E-state index contributed by atoms with van der Waals surface area (Å²) in [5.74, 6) is 1.00. The SMILES string of the molecule is Cc1cc(C(=N)N)cc(C)c1OCCCc1ccccc1. The number of ether oxygens (including phenoxy) is 1. The van der Waals surface area contributed by atoms with Crippen LogP contribution in [-0.2, 0) is 6.42 Å². The Hall–Kier alpha value is -2.29. The van der Waals surface area contributed by atoms with Gasteiger partial charge in [-0.15, -0.1) is 0 Å². The second kappa shape index (κ2) is 6.93. The summed E-state index contributed by atoms with van der Waals surface area (Å²) >= 11 is 0. The Balaban J connectivity index is 1.93. The summed E-state index contributed by atoms with van der Waals surface area (Å²) in [5, 5.41) is 7.50. The Morgan fingerprint density at radius 1 is 1.10 bits per heavy atom. The Morgan fingerprint density at radius 2 is 1.71 bits per heavy atom. The molecule has 0 radical (unpaired) electrons. The molecule has 3 N–H and O–H groups in total. The molecular weight excluding hydrogens is 260 g/mol. The lowest BCUT2D eigenvalue weighted by molar-refractivity contribution is 0.307. The van der Waals surface area contributed by atoms with E-state index in [9.17, 15) is 0 Å². The maximum absolute atomic E-state index is 7.50. The zero-order chi connectivity index (χ0) is 15.2. The number of nitrogens with two attached hydrogens (primary N) is 1. The van der Waals surface area contributed by atoms with Crippen molar-refractivity contribution in [2.75, 3.05) is 6.61 Å². The normalized spacial score (nSPS) is 10.4. The molecule has 0 saturated heterocycles. The molecule has 110 valence electrons. The van der Waals surface area contributed by atoms with Crippen molar-refractivity contribution in [1.29, 1.82) is 5.41 Å². The van der Waals surface area contributed by atoms with E-state index in [1.807, 2.05) is 32.0 Å². The van der Waals surface area contributed by atoms with Crippen LogP contribution >= 0.6 is 0 Å². The lowest BCUT2D eigenvalue weighted by Gasteiger charge is -2.13. The molecule has 0 aliphatic heterocycles. The van der Waals surface area contributed by atoms with E-state index in [0.29, 0.717) is 6.61 Å². The first-order valence-electron chi connectivity index (χ1n) is 7.20. The second-order valence-corrected chi connectivity index (χ2v) is 5.29. The van der Waals surface area contributed by atoms with Gasteiger partial charge < -0.3 is 10.5 Å². The Kier molecular flexibility index (Phi) is 4.99. The molecule has 0 aliphatic carbocycles. The molecule has 0 spiro atoms. The molecule has 2 aromatic rings. The number of nitrogens with one attached hydrogen (secondary N) is 1. The minimum atomic E-state index is 0.0943. The fraction of sp³-hybridized carbons (Fsp3) is 0.278. The zero-order valence-electron chi connectivity index (χ0n) is 12.6. The van der Waals surface area contributed by atoms with Crippen LogP contribution in [0.3, 0.4) is 0 Å². The van der Waals surface area contributed by atoms with Gasteiger partial charge in [0.2, 0.25) is 0 Å². The molecule has 0 aliphatic rings. The Labute approximate surface area is 126 Å². The zero-order valence-corrected chi connectivity index (χ0v) is 12.6. The van der Waals surface area contributed by atoms with Gasteiger partial charge in [-0.05, 0) is 55.5 Å². The number of aryl methyl sites for hydroxylation is 3.